The summed E-state index contributed by atoms with van der Waals surface area (Å²) in [5, 5.41) is 9.55. The van der Waals surface area contributed by atoms with E-state index >= 15 is 0 Å². The van der Waals surface area contributed by atoms with Crippen molar-refractivity contribution < 1.29 is 14.3 Å². The Morgan fingerprint density at radius 1 is 1.38 bits per heavy atom. The second-order valence-electron chi connectivity index (χ2n) is 3.16. The van der Waals surface area contributed by atoms with Crippen molar-refractivity contribution in [1.29, 1.82) is 0 Å². The minimum atomic E-state index is -1.10. The molecule has 4 nitrogen and oxygen atoms in total. The maximum Gasteiger partial charge on any atom is 0.216 e. The van der Waals surface area contributed by atoms with Gasteiger partial charge in [0.05, 0.1) is 0 Å². The van der Waals surface area contributed by atoms with E-state index in [1.54, 1.807) is 0 Å². The van der Waals surface area contributed by atoms with Crippen molar-refractivity contribution in [3.63, 3.8) is 0 Å². The van der Waals surface area contributed by atoms with E-state index in [4.69, 9.17) is 9.15 Å². The lowest BCUT2D eigenvalue weighted by Crippen LogP contribution is -1.99. The molecule has 1 unspecified atom stereocenters. The molecule has 0 aliphatic rings. The van der Waals surface area contributed by atoms with Gasteiger partial charge in [-0.15, -0.1) is 0 Å². The van der Waals surface area contributed by atoms with Gasteiger partial charge in [0.2, 0.25) is 6.29 Å². The summed E-state index contributed by atoms with van der Waals surface area (Å²) in [5.74, 6) is 0.310. The number of halogens is 1. The Hall–Kier alpha value is -1.17. The molecule has 5 heteroatoms. The Balaban J connectivity index is 2.40. The monoisotopic (exact) mass is 283 g/mol. The lowest BCUT2D eigenvalue weighted by Gasteiger charge is -2.06. The lowest BCUT2D eigenvalue weighted by atomic mass is 10.1. The minimum absolute atomic E-state index is 0.310. The quantitative estimate of drug-likeness (QED) is 0.880. The first kappa shape index (κ1) is 11.3. The third-order valence-electron chi connectivity index (χ3n) is 2.16. The van der Waals surface area contributed by atoms with E-state index in [2.05, 4.69) is 20.9 Å². The molecule has 0 fully saturated rings. The molecule has 0 bridgehead atoms. The average Bonchev–Trinajstić information content (AvgIpc) is 2.78. The van der Waals surface area contributed by atoms with Crippen LogP contribution in [0.2, 0.25) is 0 Å². The number of methoxy groups -OCH3 is 1. The molecule has 2 aromatic rings. The van der Waals surface area contributed by atoms with Crippen LogP contribution in [0.4, 0.5) is 0 Å². The molecular weight excluding hydrogens is 274 g/mol. The highest BCUT2D eigenvalue weighted by Crippen LogP contribution is 2.28. The second kappa shape index (κ2) is 4.78. The molecule has 1 atom stereocenters. The van der Waals surface area contributed by atoms with E-state index in [9.17, 15) is 5.11 Å². The normalized spacial score (nSPS) is 12.7. The van der Waals surface area contributed by atoms with Crippen LogP contribution in [0, 0.1) is 0 Å². The minimum Gasteiger partial charge on any atom is -0.442 e. The molecule has 1 N–H and O–H groups in total. The molecular formula is C11H10BrNO3. The van der Waals surface area contributed by atoms with Gasteiger partial charge in [-0.1, -0.05) is 28.1 Å². The van der Waals surface area contributed by atoms with Gasteiger partial charge in [0.15, 0.2) is 12.2 Å². The zero-order valence-corrected chi connectivity index (χ0v) is 10.1. The highest BCUT2D eigenvalue weighted by Gasteiger charge is 2.18. The van der Waals surface area contributed by atoms with Gasteiger partial charge in [-0.05, 0) is 12.1 Å². The molecule has 0 radical (unpaired) electrons. The van der Waals surface area contributed by atoms with E-state index in [1.165, 1.54) is 13.5 Å². The molecule has 1 aromatic carbocycles. The number of aliphatic hydroxyl groups excluding tert-OH is 1. The van der Waals surface area contributed by atoms with Crippen LogP contribution in [-0.2, 0) is 4.74 Å². The number of benzene rings is 1. The van der Waals surface area contributed by atoms with Gasteiger partial charge in [-0.25, -0.2) is 4.98 Å². The van der Waals surface area contributed by atoms with Gasteiger partial charge in [0.1, 0.15) is 5.69 Å². The number of aromatic nitrogens is 1. The van der Waals surface area contributed by atoms with Crippen LogP contribution in [0.5, 0.6) is 0 Å². The molecule has 0 saturated carbocycles. The van der Waals surface area contributed by atoms with E-state index in [0.29, 0.717) is 11.5 Å². The molecule has 0 spiro atoms. The van der Waals surface area contributed by atoms with Crippen molar-refractivity contribution in [2.24, 2.45) is 0 Å². The SMILES string of the molecule is COC(O)c1ocnc1-c1ccc(Br)cc1. The van der Waals surface area contributed by atoms with Crippen LogP contribution in [0.25, 0.3) is 11.3 Å². The maximum atomic E-state index is 9.55. The number of aliphatic hydroxyl groups is 1. The summed E-state index contributed by atoms with van der Waals surface area (Å²) in [6.07, 6.45) is 0.190. The summed E-state index contributed by atoms with van der Waals surface area (Å²) in [7, 11) is 1.40. The average molecular weight is 284 g/mol. The van der Waals surface area contributed by atoms with Crippen molar-refractivity contribution in [3.05, 3.63) is 40.9 Å². The molecule has 1 heterocycles. The van der Waals surface area contributed by atoms with Gasteiger partial charge in [0.25, 0.3) is 0 Å². The molecule has 16 heavy (non-hydrogen) atoms. The summed E-state index contributed by atoms with van der Waals surface area (Å²) in [6.45, 7) is 0. The largest absolute Gasteiger partial charge is 0.442 e. The fraction of sp³-hybridized carbons (Fsp3) is 0.182. The first-order valence-corrected chi connectivity index (χ1v) is 5.42. The number of hydrogen-bond donors (Lipinski definition) is 1. The molecule has 0 saturated heterocycles. The Kier molecular flexibility index (Phi) is 3.38. The van der Waals surface area contributed by atoms with Crippen LogP contribution in [0.3, 0.4) is 0 Å². The van der Waals surface area contributed by atoms with Gasteiger partial charge in [-0.3, -0.25) is 0 Å². The number of hydrogen-bond acceptors (Lipinski definition) is 4. The van der Waals surface area contributed by atoms with Gasteiger partial charge >= 0.3 is 0 Å². The van der Waals surface area contributed by atoms with Gasteiger partial charge in [0, 0.05) is 17.1 Å². The van der Waals surface area contributed by atoms with E-state index in [0.717, 1.165) is 10.0 Å². The third-order valence-corrected chi connectivity index (χ3v) is 2.69. The van der Waals surface area contributed by atoms with E-state index < -0.39 is 6.29 Å². The standard InChI is InChI=1S/C11H10BrNO3/c1-15-11(14)10-9(13-6-16-10)7-2-4-8(12)5-3-7/h2-6,11,14H,1H3. The smallest absolute Gasteiger partial charge is 0.216 e. The first-order chi connectivity index (χ1) is 7.72. The van der Waals surface area contributed by atoms with Crippen molar-refractivity contribution in [1.82, 2.24) is 4.98 Å². The summed E-state index contributed by atoms with van der Waals surface area (Å²) in [4.78, 5) is 4.06. The second-order valence-corrected chi connectivity index (χ2v) is 4.08. The van der Waals surface area contributed by atoms with Gasteiger partial charge < -0.3 is 14.3 Å². The molecule has 0 amide bonds. The van der Waals surface area contributed by atoms with Crippen molar-refractivity contribution in [2.75, 3.05) is 7.11 Å². The Morgan fingerprint density at radius 3 is 2.69 bits per heavy atom. The Morgan fingerprint density at radius 2 is 2.06 bits per heavy atom. The van der Waals surface area contributed by atoms with Crippen LogP contribution in [0.1, 0.15) is 12.1 Å². The zero-order valence-electron chi connectivity index (χ0n) is 8.55. The number of rotatable bonds is 3. The van der Waals surface area contributed by atoms with Gasteiger partial charge in [-0.2, -0.15) is 0 Å². The fourth-order valence-electron chi connectivity index (χ4n) is 1.36. The molecule has 2 rings (SSSR count). The molecule has 1 aromatic heterocycles. The highest BCUT2D eigenvalue weighted by molar-refractivity contribution is 9.10. The molecule has 0 aliphatic carbocycles. The summed E-state index contributed by atoms with van der Waals surface area (Å²) in [5.41, 5.74) is 1.45. The summed E-state index contributed by atoms with van der Waals surface area (Å²) < 4.78 is 10.9. The van der Waals surface area contributed by atoms with E-state index in [-0.39, 0.29) is 0 Å². The maximum absolute atomic E-state index is 9.55. The number of nitrogens with zero attached hydrogens (tertiary/aromatic N) is 1. The Bertz CT molecular complexity index is 466. The van der Waals surface area contributed by atoms with Crippen molar-refractivity contribution in [2.45, 2.75) is 6.29 Å². The van der Waals surface area contributed by atoms with E-state index in [1.807, 2.05) is 24.3 Å². The number of ether oxygens (including phenoxy) is 1. The van der Waals surface area contributed by atoms with Crippen molar-refractivity contribution >= 4 is 15.9 Å². The van der Waals surface area contributed by atoms with Crippen LogP contribution < -0.4 is 0 Å². The molecule has 0 aliphatic heterocycles. The first-order valence-electron chi connectivity index (χ1n) is 4.62. The predicted molar refractivity (Wildman–Crippen MR) is 61.6 cm³/mol. The summed E-state index contributed by atoms with van der Waals surface area (Å²) in [6, 6.07) is 7.56. The van der Waals surface area contributed by atoms with Crippen LogP contribution in [-0.4, -0.2) is 17.2 Å². The van der Waals surface area contributed by atoms with Crippen LogP contribution >= 0.6 is 15.9 Å². The summed E-state index contributed by atoms with van der Waals surface area (Å²) >= 11 is 3.35. The molecule has 84 valence electrons. The van der Waals surface area contributed by atoms with Crippen LogP contribution in [0.15, 0.2) is 39.5 Å². The van der Waals surface area contributed by atoms with Crippen molar-refractivity contribution in [3.8, 4) is 11.3 Å². The predicted octanol–water partition coefficient (Wildman–Crippen LogP) is 2.74. The zero-order chi connectivity index (χ0) is 11.5. The Labute approximate surface area is 101 Å². The highest BCUT2D eigenvalue weighted by atomic mass is 79.9. The topological polar surface area (TPSA) is 55.5 Å². The number of oxazole rings is 1. The third kappa shape index (κ3) is 2.16. The fourth-order valence-corrected chi connectivity index (χ4v) is 1.63. The lowest BCUT2D eigenvalue weighted by molar-refractivity contribution is -0.0897.